The molecule has 0 amide bonds. The topological polar surface area (TPSA) is 15.3 Å². The van der Waals surface area contributed by atoms with Gasteiger partial charge in [-0.3, -0.25) is 5.43 Å². The molecule has 0 spiro atoms. The van der Waals surface area contributed by atoms with Crippen molar-refractivity contribution in [1.82, 2.24) is 10.4 Å². The highest BCUT2D eigenvalue weighted by molar-refractivity contribution is 4.77. The van der Waals surface area contributed by atoms with Gasteiger partial charge in [0.05, 0.1) is 0 Å². The van der Waals surface area contributed by atoms with Crippen molar-refractivity contribution in [3.8, 4) is 0 Å². The lowest BCUT2D eigenvalue weighted by Gasteiger charge is -2.29. The molecule has 0 bridgehead atoms. The molecule has 0 radical (unpaired) electrons. The van der Waals surface area contributed by atoms with Crippen LogP contribution in [0.2, 0.25) is 0 Å². The van der Waals surface area contributed by atoms with Gasteiger partial charge >= 0.3 is 0 Å². The fourth-order valence-electron chi connectivity index (χ4n) is 2.76. The van der Waals surface area contributed by atoms with E-state index in [0.29, 0.717) is 0 Å². The number of nitrogens with zero attached hydrogens (tertiary/aromatic N) is 1. The van der Waals surface area contributed by atoms with E-state index in [0.717, 1.165) is 12.0 Å². The first-order valence-corrected chi connectivity index (χ1v) is 6.36. The van der Waals surface area contributed by atoms with Crippen LogP contribution in [0, 0.1) is 5.92 Å². The fourth-order valence-corrected chi connectivity index (χ4v) is 2.76. The average Bonchev–Trinajstić information content (AvgIpc) is 2.51. The summed E-state index contributed by atoms with van der Waals surface area (Å²) in [5, 5.41) is 2.52. The van der Waals surface area contributed by atoms with Gasteiger partial charge in [0.25, 0.3) is 0 Å². The minimum atomic E-state index is 0.834. The molecule has 1 N–H and O–H groups in total. The molecule has 2 aliphatic rings. The zero-order chi connectivity index (χ0) is 9.80. The van der Waals surface area contributed by atoms with Crippen LogP contribution >= 0.6 is 0 Å². The van der Waals surface area contributed by atoms with E-state index in [1.807, 2.05) is 0 Å². The Morgan fingerprint density at radius 1 is 1.00 bits per heavy atom. The maximum absolute atomic E-state index is 3.56. The number of hydrogen-bond acceptors (Lipinski definition) is 2. The minimum Gasteiger partial charge on any atom is -0.255 e. The molecule has 1 saturated carbocycles. The standard InChI is InChI=1S/C12H24N2/c1-11-9-13-14(10-11)12-7-5-3-2-4-6-8-12/h11-13H,2-10H2,1H3. The van der Waals surface area contributed by atoms with Gasteiger partial charge in [-0.25, -0.2) is 5.01 Å². The summed E-state index contributed by atoms with van der Waals surface area (Å²) in [7, 11) is 0. The van der Waals surface area contributed by atoms with E-state index >= 15 is 0 Å². The summed E-state index contributed by atoms with van der Waals surface area (Å²) in [5.74, 6) is 0.848. The van der Waals surface area contributed by atoms with Crippen LogP contribution in [0.3, 0.4) is 0 Å². The largest absolute Gasteiger partial charge is 0.255 e. The second kappa shape index (κ2) is 5.13. The van der Waals surface area contributed by atoms with E-state index in [-0.39, 0.29) is 0 Å². The van der Waals surface area contributed by atoms with Gasteiger partial charge in [0.2, 0.25) is 0 Å². The highest BCUT2D eigenvalue weighted by Crippen LogP contribution is 2.22. The van der Waals surface area contributed by atoms with Crippen molar-refractivity contribution in [2.45, 2.75) is 57.9 Å². The summed E-state index contributed by atoms with van der Waals surface area (Å²) in [5.41, 5.74) is 3.56. The predicted octanol–water partition coefficient (Wildman–Crippen LogP) is 2.56. The van der Waals surface area contributed by atoms with E-state index in [4.69, 9.17) is 0 Å². The zero-order valence-electron chi connectivity index (χ0n) is 9.47. The molecule has 0 aromatic heterocycles. The van der Waals surface area contributed by atoms with Crippen molar-refractivity contribution >= 4 is 0 Å². The lowest BCUT2D eigenvalue weighted by Crippen LogP contribution is -2.40. The van der Waals surface area contributed by atoms with Crippen molar-refractivity contribution in [2.24, 2.45) is 5.92 Å². The van der Waals surface area contributed by atoms with Crippen molar-refractivity contribution in [1.29, 1.82) is 0 Å². The van der Waals surface area contributed by atoms with Gasteiger partial charge in [0, 0.05) is 19.1 Å². The van der Waals surface area contributed by atoms with E-state index in [1.165, 1.54) is 58.0 Å². The first-order valence-electron chi connectivity index (χ1n) is 6.36. The molecule has 1 saturated heterocycles. The van der Waals surface area contributed by atoms with E-state index in [1.54, 1.807) is 0 Å². The highest BCUT2D eigenvalue weighted by atomic mass is 15.5. The highest BCUT2D eigenvalue weighted by Gasteiger charge is 2.25. The van der Waals surface area contributed by atoms with Crippen molar-refractivity contribution in [3.63, 3.8) is 0 Å². The average molecular weight is 196 g/mol. The summed E-state index contributed by atoms with van der Waals surface area (Å²) in [6.45, 7) is 4.80. The number of hydrazine groups is 1. The first kappa shape index (κ1) is 10.4. The lowest BCUT2D eigenvalue weighted by molar-refractivity contribution is 0.143. The molecule has 1 heterocycles. The minimum absolute atomic E-state index is 0.834. The van der Waals surface area contributed by atoms with Crippen LogP contribution in [0.15, 0.2) is 0 Å². The Balaban J connectivity index is 1.81. The van der Waals surface area contributed by atoms with Crippen LogP contribution in [0.1, 0.15) is 51.9 Å². The molecule has 0 aromatic rings. The third-order valence-electron chi connectivity index (χ3n) is 3.67. The Bertz CT molecular complexity index is 162. The normalized spacial score (nSPS) is 32.8. The molecule has 1 aliphatic carbocycles. The zero-order valence-corrected chi connectivity index (χ0v) is 9.47. The molecule has 82 valence electrons. The molecule has 2 rings (SSSR count). The van der Waals surface area contributed by atoms with Crippen LogP contribution < -0.4 is 5.43 Å². The maximum atomic E-state index is 3.56. The van der Waals surface area contributed by atoms with Gasteiger partial charge in [0.15, 0.2) is 0 Å². The van der Waals surface area contributed by atoms with Crippen molar-refractivity contribution < 1.29 is 0 Å². The van der Waals surface area contributed by atoms with Gasteiger partial charge < -0.3 is 0 Å². The Morgan fingerprint density at radius 2 is 1.64 bits per heavy atom. The van der Waals surface area contributed by atoms with Crippen LogP contribution in [-0.4, -0.2) is 24.1 Å². The SMILES string of the molecule is CC1CNN(C2CCCCCCC2)C1. The number of rotatable bonds is 1. The molecule has 14 heavy (non-hydrogen) atoms. The summed E-state index contributed by atoms with van der Waals surface area (Å²) in [4.78, 5) is 0. The van der Waals surface area contributed by atoms with E-state index in [2.05, 4.69) is 17.4 Å². The third kappa shape index (κ3) is 2.71. The molecule has 1 unspecified atom stereocenters. The fraction of sp³-hybridized carbons (Fsp3) is 1.00. The monoisotopic (exact) mass is 196 g/mol. The van der Waals surface area contributed by atoms with Crippen LogP contribution in [-0.2, 0) is 0 Å². The maximum Gasteiger partial charge on any atom is 0.0243 e. The quantitative estimate of drug-likeness (QED) is 0.693. The molecule has 0 aromatic carbocycles. The van der Waals surface area contributed by atoms with Gasteiger partial charge in [-0.05, 0) is 18.8 Å². The number of hydrogen-bond donors (Lipinski definition) is 1. The second-order valence-electron chi connectivity index (χ2n) is 5.12. The predicted molar refractivity (Wildman–Crippen MR) is 60.0 cm³/mol. The molecular weight excluding hydrogens is 172 g/mol. The summed E-state index contributed by atoms with van der Waals surface area (Å²) in [6, 6.07) is 0.834. The third-order valence-corrected chi connectivity index (χ3v) is 3.67. The molecule has 2 nitrogen and oxygen atoms in total. The molecular formula is C12H24N2. The number of nitrogens with one attached hydrogen (secondary N) is 1. The summed E-state index contributed by atoms with van der Waals surface area (Å²) in [6.07, 6.45) is 10.1. The molecule has 1 atom stereocenters. The van der Waals surface area contributed by atoms with Crippen LogP contribution in [0.5, 0.6) is 0 Å². The van der Waals surface area contributed by atoms with Gasteiger partial charge in [-0.1, -0.05) is 39.0 Å². The second-order valence-corrected chi connectivity index (χ2v) is 5.12. The van der Waals surface area contributed by atoms with Gasteiger partial charge in [-0.2, -0.15) is 0 Å². The Hall–Kier alpha value is -0.0800. The Labute approximate surface area is 88.0 Å². The molecule has 2 heteroatoms. The van der Waals surface area contributed by atoms with Crippen LogP contribution in [0.25, 0.3) is 0 Å². The van der Waals surface area contributed by atoms with Crippen molar-refractivity contribution in [2.75, 3.05) is 13.1 Å². The first-order chi connectivity index (χ1) is 6.86. The van der Waals surface area contributed by atoms with E-state index in [9.17, 15) is 0 Å². The molecule has 2 fully saturated rings. The van der Waals surface area contributed by atoms with Gasteiger partial charge in [-0.15, -0.1) is 0 Å². The summed E-state index contributed by atoms with van der Waals surface area (Å²) < 4.78 is 0. The Kier molecular flexibility index (Phi) is 3.82. The Morgan fingerprint density at radius 3 is 2.21 bits per heavy atom. The van der Waals surface area contributed by atoms with Crippen LogP contribution in [0.4, 0.5) is 0 Å². The molecule has 1 aliphatic heterocycles. The van der Waals surface area contributed by atoms with E-state index < -0.39 is 0 Å². The summed E-state index contributed by atoms with van der Waals surface area (Å²) >= 11 is 0. The van der Waals surface area contributed by atoms with Gasteiger partial charge in [0.1, 0.15) is 0 Å². The smallest absolute Gasteiger partial charge is 0.0243 e. The van der Waals surface area contributed by atoms with Crippen molar-refractivity contribution in [3.05, 3.63) is 0 Å². The lowest BCUT2D eigenvalue weighted by atomic mass is 9.96.